The Bertz CT molecular complexity index is 1060. The van der Waals surface area contributed by atoms with E-state index in [0.717, 1.165) is 46.9 Å². The first kappa shape index (κ1) is 20.0. The van der Waals surface area contributed by atoms with Gasteiger partial charge in [-0.15, -0.1) is 0 Å². The van der Waals surface area contributed by atoms with Crippen molar-refractivity contribution in [1.29, 1.82) is 0 Å². The van der Waals surface area contributed by atoms with Gasteiger partial charge in [0.1, 0.15) is 23.4 Å². The lowest BCUT2D eigenvalue weighted by Gasteiger charge is -2.12. The smallest absolute Gasteiger partial charge is 0.303 e. The SMILES string of the molecule is COc1cccc(-c2nc(CCOc3ccc4c(c3)CCC4OC(C)=O)c(C)o2)c1. The van der Waals surface area contributed by atoms with E-state index in [4.69, 9.17) is 18.6 Å². The van der Waals surface area contributed by atoms with E-state index in [-0.39, 0.29) is 12.1 Å². The van der Waals surface area contributed by atoms with Gasteiger partial charge in [0.15, 0.2) is 0 Å². The van der Waals surface area contributed by atoms with Gasteiger partial charge in [-0.2, -0.15) is 0 Å². The fourth-order valence-corrected chi connectivity index (χ4v) is 3.77. The molecule has 1 aromatic heterocycles. The van der Waals surface area contributed by atoms with Crippen molar-refractivity contribution in [1.82, 2.24) is 4.98 Å². The number of hydrogen-bond donors (Lipinski definition) is 0. The van der Waals surface area contributed by atoms with Crippen LogP contribution in [-0.2, 0) is 22.4 Å². The third kappa shape index (κ3) is 4.32. The summed E-state index contributed by atoms with van der Waals surface area (Å²) in [5, 5.41) is 0. The predicted octanol–water partition coefficient (Wildman–Crippen LogP) is 4.83. The first-order valence-electron chi connectivity index (χ1n) is 10.1. The molecule has 1 atom stereocenters. The molecule has 0 N–H and O–H groups in total. The number of fused-ring (bicyclic) bond motifs is 1. The number of ether oxygens (including phenoxy) is 3. The molecule has 1 aliphatic carbocycles. The van der Waals surface area contributed by atoms with Crippen LogP contribution in [0.25, 0.3) is 11.5 Å². The molecule has 0 radical (unpaired) electrons. The molecule has 0 amide bonds. The molecule has 3 aromatic rings. The highest BCUT2D eigenvalue weighted by Crippen LogP contribution is 2.36. The fraction of sp³-hybridized carbons (Fsp3) is 0.333. The molecule has 156 valence electrons. The molecule has 0 saturated carbocycles. The average molecular weight is 407 g/mol. The zero-order valence-electron chi connectivity index (χ0n) is 17.4. The number of benzene rings is 2. The number of oxazole rings is 1. The lowest BCUT2D eigenvalue weighted by Crippen LogP contribution is -2.05. The monoisotopic (exact) mass is 407 g/mol. The highest BCUT2D eigenvalue weighted by molar-refractivity contribution is 5.66. The number of methoxy groups -OCH3 is 1. The number of nitrogens with zero attached hydrogens (tertiary/aromatic N) is 1. The Labute approximate surface area is 175 Å². The van der Waals surface area contributed by atoms with Gasteiger partial charge in [-0.3, -0.25) is 4.79 Å². The van der Waals surface area contributed by atoms with E-state index in [9.17, 15) is 4.79 Å². The van der Waals surface area contributed by atoms with Crippen LogP contribution in [0, 0.1) is 6.92 Å². The molecular formula is C24H25NO5. The predicted molar refractivity (Wildman–Crippen MR) is 112 cm³/mol. The first-order valence-corrected chi connectivity index (χ1v) is 10.1. The van der Waals surface area contributed by atoms with Gasteiger partial charge in [0.05, 0.1) is 19.4 Å². The Hall–Kier alpha value is -3.28. The van der Waals surface area contributed by atoms with Gasteiger partial charge in [-0.25, -0.2) is 4.98 Å². The third-order valence-electron chi connectivity index (χ3n) is 5.26. The Balaban J connectivity index is 1.38. The number of aromatic nitrogens is 1. The normalized spacial score (nSPS) is 15.0. The summed E-state index contributed by atoms with van der Waals surface area (Å²) in [6.07, 6.45) is 2.21. The number of carbonyl (C=O) groups is 1. The molecule has 1 aliphatic rings. The lowest BCUT2D eigenvalue weighted by atomic mass is 10.1. The second-order valence-electron chi connectivity index (χ2n) is 7.35. The molecule has 4 rings (SSSR count). The Morgan fingerprint density at radius 1 is 1.20 bits per heavy atom. The zero-order chi connectivity index (χ0) is 21.1. The van der Waals surface area contributed by atoms with Gasteiger partial charge in [-0.05, 0) is 61.2 Å². The van der Waals surface area contributed by atoms with E-state index in [0.29, 0.717) is 18.9 Å². The molecule has 0 bridgehead atoms. The molecule has 1 unspecified atom stereocenters. The third-order valence-corrected chi connectivity index (χ3v) is 5.26. The largest absolute Gasteiger partial charge is 0.497 e. The first-order chi connectivity index (χ1) is 14.5. The minimum absolute atomic E-state index is 0.139. The van der Waals surface area contributed by atoms with Crippen molar-refractivity contribution in [2.24, 2.45) is 0 Å². The lowest BCUT2D eigenvalue weighted by molar-refractivity contribution is -0.146. The average Bonchev–Trinajstić information content (AvgIpc) is 3.31. The summed E-state index contributed by atoms with van der Waals surface area (Å²) in [4.78, 5) is 15.9. The maximum Gasteiger partial charge on any atom is 0.303 e. The molecule has 2 aromatic carbocycles. The maximum absolute atomic E-state index is 11.2. The maximum atomic E-state index is 11.2. The van der Waals surface area contributed by atoms with Crippen LogP contribution >= 0.6 is 0 Å². The number of rotatable bonds is 7. The Morgan fingerprint density at radius 2 is 2.07 bits per heavy atom. The second kappa shape index (κ2) is 8.61. The Morgan fingerprint density at radius 3 is 2.87 bits per heavy atom. The summed E-state index contributed by atoms with van der Waals surface area (Å²) in [6, 6.07) is 13.6. The van der Waals surface area contributed by atoms with Gasteiger partial charge in [0.2, 0.25) is 5.89 Å². The number of aryl methyl sites for hydroxylation is 2. The van der Waals surface area contributed by atoms with Gasteiger partial charge in [0, 0.05) is 18.9 Å². The molecule has 1 heterocycles. The van der Waals surface area contributed by atoms with Crippen LogP contribution in [0.4, 0.5) is 0 Å². The summed E-state index contributed by atoms with van der Waals surface area (Å²) < 4.78 is 22.4. The van der Waals surface area contributed by atoms with E-state index >= 15 is 0 Å². The van der Waals surface area contributed by atoms with E-state index < -0.39 is 0 Å². The van der Waals surface area contributed by atoms with Crippen molar-refractivity contribution in [3.8, 4) is 23.0 Å². The number of hydrogen-bond acceptors (Lipinski definition) is 6. The minimum atomic E-state index is -0.246. The van der Waals surface area contributed by atoms with Gasteiger partial charge in [0.25, 0.3) is 0 Å². The van der Waals surface area contributed by atoms with E-state index in [1.165, 1.54) is 12.5 Å². The van der Waals surface area contributed by atoms with E-state index in [1.54, 1.807) is 7.11 Å². The van der Waals surface area contributed by atoms with Crippen molar-refractivity contribution in [3.05, 3.63) is 65.0 Å². The van der Waals surface area contributed by atoms with Crippen molar-refractivity contribution < 1.29 is 23.4 Å². The van der Waals surface area contributed by atoms with Crippen LogP contribution in [0.1, 0.15) is 42.0 Å². The van der Waals surface area contributed by atoms with Crippen molar-refractivity contribution >= 4 is 5.97 Å². The Kier molecular flexibility index (Phi) is 5.74. The summed E-state index contributed by atoms with van der Waals surface area (Å²) in [7, 11) is 1.64. The second-order valence-corrected chi connectivity index (χ2v) is 7.35. The standard InChI is InChI=1S/C24H25NO5/c1-15-22(25-24(29-15)18-5-4-6-19(14-18)27-3)11-12-28-20-8-9-21-17(13-20)7-10-23(21)30-16(2)26/h4-6,8-9,13-14,23H,7,10-12H2,1-3H3. The topological polar surface area (TPSA) is 70.8 Å². The van der Waals surface area contributed by atoms with Crippen LogP contribution < -0.4 is 9.47 Å². The summed E-state index contributed by atoms with van der Waals surface area (Å²) in [5.41, 5.74) is 4.01. The van der Waals surface area contributed by atoms with Gasteiger partial charge < -0.3 is 18.6 Å². The highest BCUT2D eigenvalue weighted by Gasteiger charge is 2.25. The van der Waals surface area contributed by atoms with Gasteiger partial charge >= 0.3 is 5.97 Å². The van der Waals surface area contributed by atoms with Crippen LogP contribution in [0.2, 0.25) is 0 Å². The summed E-state index contributed by atoms with van der Waals surface area (Å²) >= 11 is 0. The van der Waals surface area contributed by atoms with Crippen LogP contribution in [0.5, 0.6) is 11.5 Å². The summed E-state index contributed by atoms with van der Waals surface area (Å²) in [6.45, 7) is 3.86. The molecule has 6 heteroatoms. The quantitative estimate of drug-likeness (QED) is 0.523. The molecular weight excluding hydrogens is 382 g/mol. The molecule has 6 nitrogen and oxygen atoms in total. The number of carbonyl (C=O) groups excluding carboxylic acids is 1. The van der Waals surface area contributed by atoms with Crippen LogP contribution in [0.3, 0.4) is 0 Å². The van der Waals surface area contributed by atoms with Crippen LogP contribution in [0.15, 0.2) is 46.9 Å². The summed E-state index contributed by atoms with van der Waals surface area (Å²) in [5.74, 6) is 2.70. The molecule has 30 heavy (non-hydrogen) atoms. The zero-order valence-corrected chi connectivity index (χ0v) is 17.4. The molecule has 0 saturated heterocycles. The fourth-order valence-electron chi connectivity index (χ4n) is 3.77. The highest BCUT2D eigenvalue weighted by atomic mass is 16.5. The van der Waals surface area contributed by atoms with Crippen molar-refractivity contribution in [2.45, 2.75) is 39.2 Å². The van der Waals surface area contributed by atoms with E-state index in [2.05, 4.69) is 4.98 Å². The molecule has 0 fully saturated rings. The molecule has 0 spiro atoms. The van der Waals surface area contributed by atoms with E-state index in [1.807, 2.05) is 49.4 Å². The number of esters is 1. The molecule has 0 aliphatic heterocycles. The minimum Gasteiger partial charge on any atom is -0.497 e. The van der Waals surface area contributed by atoms with Crippen molar-refractivity contribution in [2.75, 3.05) is 13.7 Å². The van der Waals surface area contributed by atoms with Gasteiger partial charge in [-0.1, -0.05) is 12.1 Å². The van der Waals surface area contributed by atoms with Crippen LogP contribution in [-0.4, -0.2) is 24.7 Å². The van der Waals surface area contributed by atoms with Crippen molar-refractivity contribution in [3.63, 3.8) is 0 Å².